The minimum absolute atomic E-state index is 0.258. The van der Waals surface area contributed by atoms with E-state index in [0.717, 1.165) is 29.8 Å². The van der Waals surface area contributed by atoms with Crippen molar-refractivity contribution in [3.8, 4) is 5.75 Å². The van der Waals surface area contributed by atoms with E-state index in [0.29, 0.717) is 21.5 Å². The van der Waals surface area contributed by atoms with Crippen LogP contribution in [0.4, 0.5) is 5.69 Å². The van der Waals surface area contributed by atoms with Crippen molar-refractivity contribution in [3.63, 3.8) is 0 Å². The van der Waals surface area contributed by atoms with Gasteiger partial charge in [0.25, 0.3) is 5.91 Å². The van der Waals surface area contributed by atoms with Crippen LogP contribution in [-0.2, 0) is 17.8 Å². The zero-order valence-corrected chi connectivity index (χ0v) is 17.1. The van der Waals surface area contributed by atoms with Crippen molar-refractivity contribution in [3.05, 3.63) is 52.3 Å². The summed E-state index contributed by atoms with van der Waals surface area (Å²) in [5.74, 6) is 1.29. The number of carbonyl (C=O) groups is 1. The first-order chi connectivity index (χ1) is 13.5. The predicted molar refractivity (Wildman–Crippen MR) is 112 cm³/mol. The molecule has 3 aromatic rings. The molecular formula is C21H21Cl2N3O2. The van der Waals surface area contributed by atoms with Gasteiger partial charge in [-0.25, -0.2) is 4.98 Å². The molecule has 0 radical (unpaired) electrons. The molecular weight excluding hydrogens is 397 g/mol. The lowest BCUT2D eigenvalue weighted by molar-refractivity contribution is -0.122. The van der Waals surface area contributed by atoms with Gasteiger partial charge in [0, 0.05) is 23.7 Å². The van der Waals surface area contributed by atoms with E-state index in [1.165, 1.54) is 19.3 Å². The number of aryl methyl sites for hydroxylation is 2. The highest BCUT2D eigenvalue weighted by molar-refractivity contribution is 6.35. The molecule has 4 rings (SSSR count). The number of imidazole rings is 1. The van der Waals surface area contributed by atoms with Crippen molar-refractivity contribution in [2.24, 2.45) is 0 Å². The van der Waals surface area contributed by atoms with E-state index in [4.69, 9.17) is 32.9 Å². The largest absolute Gasteiger partial charge is 0.479 e. The Labute approximate surface area is 173 Å². The molecule has 0 spiro atoms. The number of amides is 1. The first-order valence-corrected chi connectivity index (χ1v) is 10.2. The number of ether oxygens (including phenoxy) is 1. The highest BCUT2D eigenvalue weighted by Crippen LogP contribution is 2.29. The van der Waals surface area contributed by atoms with Gasteiger partial charge in [0.15, 0.2) is 6.10 Å². The summed E-state index contributed by atoms with van der Waals surface area (Å²) in [6.45, 7) is 2.68. The van der Waals surface area contributed by atoms with Crippen LogP contribution >= 0.6 is 23.2 Å². The number of aromatic nitrogens is 2. The molecule has 2 aromatic carbocycles. The maximum absolute atomic E-state index is 12.5. The molecule has 0 saturated heterocycles. The van der Waals surface area contributed by atoms with Crippen LogP contribution in [-0.4, -0.2) is 21.6 Å². The number of rotatable bonds is 4. The Kier molecular flexibility index (Phi) is 5.47. The van der Waals surface area contributed by atoms with Crippen LogP contribution in [0.25, 0.3) is 11.0 Å². The smallest absolute Gasteiger partial charge is 0.265 e. The third-order valence-corrected chi connectivity index (χ3v) is 5.47. The molecule has 5 nitrogen and oxygen atoms in total. The maximum Gasteiger partial charge on any atom is 0.265 e. The first-order valence-electron chi connectivity index (χ1n) is 9.43. The second kappa shape index (κ2) is 8.02. The van der Waals surface area contributed by atoms with Gasteiger partial charge in [0.1, 0.15) is 11.6 Å². The highest BCUT2D eigenvalue weighted by Gasteiger charge is 2.18. The van der Waals surface area contributed by atoms with Gasteiger partial charge in [0.2, 0.25) is 0 Å². The fraction of sp³-hybridized carbons (Fsp3) is 0.333. The van der Waals surface area contributed by atoms with E-state index in [-0.39, 0.29) is 5.91 Å². The molecule has 0 bridgehead atoms. The Morgan fingerprint density at radius 2 is 2.04 bits per heavy atom. The molecule has 1 aromatic heterocycles. The Bertz CT molecular complexity index is 1030. The van der Waals surface area contributed by atoms with Crippen LogP contribution in [0.15, 0.2) is 36.4 Å². The number of halogens is 2. The van der Waals surface area contributed by atoms with Gasteiger partial charge in [-0.15, -0.1) is 0 Å². The minimum Gasteiger partial charge on any atom is -0.479 e. The van der Waals surface area contributed by atoms with E-state index in [1.807, 2.05) is 18.2 Å². The zero-order valence-electron chi connectivity index (χ0n) is 15.5. The summed E-state index contributed by atoms with van der Waals surface area (Å²) in [5, 5.41) is 3.78. The van der Waals surface area contributed by atoms with Gasteiger partial charge in [-0.1, -0.05) is 29.6 Å². The van der Waals surface area contributed by atoms with Gasteiger partial charge < -0.3 is 14.6 Å². The quantitative estimate of drug-likeness (QED) is 0.611. The lowest BCUT2D eigenvalue weighted by Crippen LogP contribution is -2.30. The fourth-order valence-corrected chi connectivity index (χ4v) is 3.94. The van der Waals surface area contributed by atoms with Crippen LogP contribution < -0.4 is 10.1 Å². The summed E-state index contributed by atoms with van der Waals surface area (Å²) in [4.78, 5) is 17.3. The second-order valence-electron chi connectivity index (χ2n) is 7.02. The maximum atomic E-state index is 12.5. The number of hydrogen-bond donors (Lipinski definition) is 1. The zero-order chi connectivity index (χ0) is 19.7. The third kappa shape index (κ3) is 3.96. The molecule has 1 amide bonds. The molecule has 1 aliphatic heterocycles. The summed E-state index contributed by atoms with van der Waals surface area (Å²) >= 11 is 12.0. The van der Waals surface area contributed by atoms with Gasteiger partial charge in [-0.3, -0.25) is 4.79 Å². The van der Waals surface area contributed by atoms with Crippen LogP contribution in [0, 0.1) is 0 Å². The van der Waals surface area contributed by atoms with Gasteiger partial charge >= 0.3 is 0 Å². The first kappa shape index (κ1) is 19.1. The number of hydrogen-bond acceptors (Lipinski definition) is 3. The van der Waals surface area contributed by atoms with Gasteiger partial charge in [-0.2, -0.15) is 0 Å². The third-order valence-electron chi connectivity index (χ3n) is 4.94. The van der Waals surface area contributed by atoms with Crippen molar-refractivity contribution in [2.45, 2.75) is 45.3 Å². The Morgan fingerprint density at radius 1 is 1.18 bits per heavy atom. The van der Waals surface area contributed by atoms with Crippen LogP contribution in [0.5, 0.6) is 5.75 Å². The fourth-order valence-electron chi connectivity index (χ4n) is 3.49. The van der Waals surface area contributed by atoms with Crippen LogP contribution in [0.2, 0.25) is 10.0 Å². The van der Waals surface area contributed by atoms with E-state index in [2.05, 4.69) is 9.88 Å². The molecule has 1 atom stereocenters. The minimum atomic E-state index is -0.715. The molecule has 1 N–H and O–H groups in total. The van der Waals surface area contributed by atoms with E-state index >= 15 is 0 Å². The van der Waals surface area contributed by atoms with Crippen LogP contribution in [0.3, 0.4) is 0 Å². The average molecular weight is 418 g/mol. The number of anilines is 1. The molecule has 0 aliphatic carbocycles. The molecule has 1 aliphatic rings. The van der Waals surface area contributed by atoms with Crippen molar-refractivity contribution >= 4 is 45.8 Å². The van der Waals surface area contributed by atoms with E-state index < -0.39 is 6.10 Å². The summed E-state index contributed by atoms with van der Waals surface area (Å²) in [6, 6.07) is 10.7. The van der Waals surface area contributed by atoms with Crippen LogP contribution in [0.1, 0.15) is 32.0 Å². The van der Waals surface area contributed by atoms with Crippen molar-refractivity contribution in [2.75, 3.05) is 5.32 Å². The Balaban J connectivity index is 1.48. The molecule has 28 heavy (non-hydrogen) atoms. The Hall–Kier alpha value is -2.24. The van der Waals surface area contributed by atoms with Gasteiger partial charge in [0.05, 0.1) is 16.1 Å². The number of fused-ring (bicyclic) bond motifs is 3. The highest BCUT2D eigenvalue weighted by atomic mass is 35.5. The van der Waals surface area contributed by atoms with E-state index in [9.17, 15) is 4.79 Å². The topological polar surface area (TPSA) is 56.1 Å². The molecule has 2 heterocycles. The van der Waals surface area contributed by atoms with Gasteiger partial charge in [-0.05, 0) is 56.2 Å². The average Bonchev–Trinajstić information content (AvgIpc) is 2.83. The van der Waals surface area contributed by atoms with Crippen molar-refractivity contribution in [1.29, 1.82) is 0 Å². The lowest BCUT2D eigenvalue weighted by atomic mass is 10.2. The standard InChI is InChI=1S/C21H21Cl2N3O2/c1-13(28-19-9-6-14(22)11-16(19)23)21(27)24-15-7-8-18-17(12-15)25-20-5-3-2-4-10-26(18)20/h6-9,11-13H,2-5,10H2,1H3,(H,24,27)/t13-/m1/s1. The predicted octanol–water partition coefficient (Wildman–Crippen LogP) is 5.48. The molecule has 7 heteroatoms. The molecule has 0 fully saturated rings. The molecule has 146 valence electrons. The number of nitrogens with one attached hydrogen (secondary N) is 1. The summed E-state index contributed by atoms with van der Waals surface area (Å²) in [5.41, 5.74) is 2.72. The van der Waals surface area contributed by atoms with Crippen molar-refractivity contribution in [1.82, 2.24) is 9.55 Å². The number of carbonyl (C=O) groups excluding carboxylic acids is 1. The SMILES string of the molecule is C[C@@H](Oc1ccc(Cl)cc1Cl)C(=O)Nc1ccc2c(c1)nc1n2CCCCC1. The summed E-state index contributed by atoms with van der Waals surface area (Å²) in [6.07, 6.45) is 3.89. The number of benzene rings is 2. The van der Waals surface area contributed by atoms with Crippen molar-refractivity contribution < 1.29 is 9.53 Å². The second-order valence-corrected chi connectivity index (χ2v) is 7.86. The monoisotopic (exact) mass is 417 g/mol. The Morgan fingerprint density at radius 3 is 2.86 bits per heavy atom. The molecule has 0 unspecified atom stereocenters. The molecule has 0 saturated carbocycles. The summed E-state index contributed by atoms with van der Waals surface area (Å²) in [7, 11) is 0. The van der Waals surface area contributed by atoms with E-state index in [1.54, 1.807) is 25.1 Å². The summed E-state index contributed by atoms with van der Waals surface area (Å²) < 4.78 is 7.97. The lowest BCUT2D eigenvalue weighted by Gasteiger charge is -2.16. The number of nitrogens with zero attached hydrogens (tertiary/aromatic N) is 2. The normalized spacial score (nSPS) is 15.0.